The monoisotopic (exact) mass is 604 g/mol. The molecule has 0 saturated heterocycles. The molecule has 3 N–H and O–H groups in total. The van der Waals surface area contributed by atoms with Crippen LogP contribution in [0.1, 0.15) is 22.8 Å². The van der Waals surface area contributed by atoms with Crippen molar-refractivity contribution < 1.29 is 45.8 Å². The van der Waals surface area contributed by atoms with E-state index in [9.17, 15) is 41.0 Å². The van der Waals surface area contributed by atoms with Gasteiger partial charge in [0.1, 0.15) is 11.7 Å². The van der Waals surface area contributed by atoms with E-state index in [1.165, 1.54) is 25.3 Å². The van der Waals surface area contributed by atoms with Crippen molar-refractivity contribution in [2.24, 2.45) is 5.92 Å². The zero-order valence-corrected chi connectivity index (χ0v) is 20.9. The third-order valence-corrected chi connectivity index (χ3v) is 5.93. The fourth-order valence-electron chi connectivity index (χ4n) is 3.45. The summed E-state index contributed by atoms with van der Waals surface area (Å²) in [5.41, 5.74) is -2.73. The van der Waals surface area contributed by atoms with Gasteiger partial charge in [0.2, 0.25) is 11.8 Å². The maximum Gasteiger partial charge on any atom is 0.416 e. The molecule has 3 rings (SSSR count). The van der Waals surface area contributed by atoms with Crippen LogP contribution >= 0.6 is 15.9 Å². The summed E-state index contributed by atoms with van der Waals surface area (Å²) >= 11 is 3.21. The lowest BCUT2D eigenvalue weighted by molar-refractivity contribution is -0.138. The number of hydrogen-bond acceptors (Lipinski definition) is 4. The molecule has 3 aromatic rings. The predicted octanol–water partition coefficient (Wildman–Crippen LogP) is 6.42. The van der Waals surface area contributed by atoms with Crippen molar-refractivity contribution in [3.63, 3.8) is 0 Å². The lowest BCUT2D eigenvalue weighted by Crippen LogP contribution is -2.38. The van der Waals surface area contributed by atoms with Crippen LogP contribution in [0.4, 0.5) is 37.7 Å². The largest absolute Gasteiger partial charge is 0.496 e. The molecule has 0 aromatic heterocycles. The number of alkyl halides is 6. The Morgan fingerprint density at radius 1 is 0.816 bits per heavy atom. The van der Waals surface area contributed by atoms with Crippen LogP contribution in [0.15, 0.2) is 71.2 Å². The second kappa shape index (κ2) is 11.4. The summed E-state index contributed by atoms with van der Waals surface area (Å²) in [6.45, 7) is 0. The van der Waals surface area contributed by atoms with Gasteiger partial charge in [0.25, 0.3) is 0 Å². The third kappa shape index (κ3) is 7.04. The molecule has 0 aliphatic heterocycles. The van der Waals surface area contributed by atoms with Crippen LogP contribution < -0.4 is 15.4 Å². The van der Waals surface area contributed by atoms with Gasteiger partial charge in [-0.25, -0.2) is 0 Å². The number of aliphatic hydroxyl groups is 1. The van der Waals surface area contributed by atoms with Gasteiger partial charge < -0.3 is 20.5 Å². The first kappa shape index (κ1) is 29.0. The van der Waals surface area contributed by atoms with E-state index in [-0.39, 0.29) is 16.9 Å². The first-order valence-electron chi connectivity index (χ1n) is 10.7. The SMILES string of the molecule is COc1ccc(C(O)C(C(=O)Nc2cccc(C(F)(F)F)c2)C(=O)Nc2cccc(C(F)(F)F)c2)cc1Br. The Morgan fingerprint density at radius 2 is 1.29 bits per heavy atom. The molecule has 3 aromatic carbocycles. The minimum absolute atomic E-state index is 0.0426. The number of hydrogen-bond donors (Lipinski definition) is 3. The lowest BCUT2D eigenvalue weighted by atomic mass is 9.93. The number of rotatable bonds is 7. The molecular weight excluding hydrogens is 586 g/mol. The molecule has 202 valence electrons. The van der Waals surface area contributed by atoms with Crippen LogP contribution in [-0.2, 0) is 21.9 Å². The molecule has 0 bridgehead atoms. The van der Waals surface area contributed by atoms with Gasteiger partial charge in [0.15, 0.2) is 0 Å². The summed E-state index contributed by atoms with van der Waals surface area (Å²) in [6.07, 6.45) is -11.3. The Labute approximate surface area is 220 Å². The molecule has 2 amide bonds. The van der Waals surface area contributed by atoms with Crippen LogP contribution in [0.2, 0.25) is 0 Å². The Bertz CT molecular complexity index is 1260. The van der Waals surface area contributed by atoms with Crippen LogP contribution in [-0.4, -0.2) is 24.0 Å². The van der Waals surface area contributed by atoms with Crippen LogP contribution in [0.5, 0.6) is 5.75 Å². The van der Waals surface area contributed by atoms with E-state index in [1.54, 1.807) is 0 Å². The molecule has 38 heavy (non-hydrogen) atoms. The number of halogens is 7. The summed E-state index contributed by atoms with van der Waals surface area (Å²) < 4.78 is 84.0. The Balaban J connectivity index is 1.96. The van der Waals surface area contributed by atoms with Gasteiger partial charge in [0, 0.05) is 11.4 Å². The summed E-state index contributed by atoms with van der Waals surface area (Å²) in [5, 5.41) is 15.3. The maximum atomic E-state index is 13.1. The minimum atomic E-state index is -4.71. The van der Waals surface area contributed by atoms with E-state index < -0.39 is 47.3 Å². The molecule has 6 nitrogen and oxygen atoms in total. The Hall–Kier alpha value is -3.58. The van der Waals surface area contributed by atoms with Gasteiger partial charge in [-0.05, 0) is 70.0 Å². The molecule has 1 unspecified atom stereocenters. The highest BCUT2D eigenvalue weighted by Gasteiger charge is 2.37. The molecule has 0 radical (unpaired) electrons. The molecule has 0 spiro atoms. The first-order valence-corrected chi connectivity index (χ1v) is 11.5. The van der Waals surface area contributed by atoms with Crippen molar-refractivity contribution in [1.29, 1.82) is 0 Å². The summed E-state index contributed by atoms with van der Waals surface area (Å²) in [6, 6.07) is 11.3. The van der Waals surface area contributed by atoms with E-state index in [1.807, 2.05) is 0 Å². The predicted molar refractivity (Wildman–Crippen MR) is 129 cm³/mol. The number of aliphatic hydroxyl groups excluding tert-OH is 1. The number of carbonyl (C=O) groups is 2. The number of benzene rings is 3. The summed E-state index contributed by atoms with van der Waals surface area (Å²) in [7, 11) is 1.38. The standard InChI is InChI=1S/C25H19BrF6N2O4/c1-38-19-9-8-13(10-18(19)26)21(35)20(22(36)33-16-6-2-4-14(11-16)24(27,28)29)23(37)34-17-7-3-5-15(12-17)25(30,31)32/h2-12,20-21,35H,1H3,(H,33,36)(H,34,37). The van der Waals surface area contributed by atoms with Crippen molar-refractivity contribution in [3.8, 4) is 5.75 Å². The molecule has 1 atom stereocenters. The summed E-state index contributed by atoms with van der Waals surface area (Å²) in [5.74, 6) is -4.03. The fourth-order valence-corrected chi connectivity index (χ4v) is 4.01. The number of anilines is 2. The van der Waals surface area contributed by atoms with Crippen LogP contribution in [0, 0.1) is 5.92 Å². The van der Waals surface area contributed by atoms with Gasteiger partial charge in [-0.1, -0.05) is 18.2 Å². The van der Waals surface area contributed by atoms with Crippen molar-refractivity contribution in [3.05, 3.63) is 87.9 Å². The molecule has 0 saturated carbocycles. The average Bonchev–Trinajstić information content (AvgIpc) is 2.83. The van der Waals surface area contributed by atoms with Crippen LogP contribution in [0.25, 0.3) is 0 Å². The molecular formula is C25H19BrF6N2O4. The van der Waals surface area contributed by atoms with Gasteiger partial charge in [-0.2, -0.15) is 26.3 Å². The lowest BCUT2D eigenvalue weighted by Gasteiger charge is -2.23. The van der Waals surface area contributed by atoms with Gasteiger partial charge >= 0.3 is 12.4 Å². The normalized spacial score (nSPS) is 12.7. The van der Waals surface area contributed by atoms with Crippen molar-refractivity contribution >= 4 is 39.1 Å². The zero-order chi connectivity index (χ0) is 28.3. The highest BCUT2D eigenvalue weighted by atomic mass is 79.9. The first-order chi connectivity index (χ1) is 17.7. The number of ether oxygens (including phenoxy) is 1. The zero-order valence-electron chi connectivity index (χ0n) is 19.3. The topological polar surface area (TPSA) is 87.7 Å². The van der Waals surface area contributed by atoms with Crippen molar-refractivity contribution in [1.82, 2.24) is 0 Å². The molecule has 0 fully saturated rings. The van der Waals surface area contributed by atoms with E-state index >= 15 is 0 Å². The maximum absolute atomic E-state index is 13.1. The number of nitrogens with one attached hydrogen (secondary N) is 2. The average molecular weight is 605 g/mol. The van der Waals surface area contributed by atoms with Crippen molar-refractivity contribution in [2.75, 3.05) is 17.7 Å². The van der Waals surface area contributed by atoms with Gasteiger partial charge in [-0.15, -0.1) is 0 Å². The smallest absolute Gasteiger partial charge is 0.416 e. The highest BCUT2D eigenvalue weighted by molar-refractivity contribution is 9.10. The van der Waals surface area contributed by atoms with E-state index in [0.29, 0.717) is 22.4 Å². The van der Waals surface area contributed by atoms with Gasteiger partial charge in [0.05, 0.1) is 28.8 Å². The Morgan fingerprint density at radius 3 is 1.68 bits per heavy atom. The number of amides is 2. The Kier molecular flexibility index (Phi) is 8.72. The van der Waals surface area contributed by atoms with E-state index in [0.717, 1.165) is 36.4 Å². The van der Waals surface area contributed by atoms with Crippen molar-refractivity contribution in [2.45, 2.75) is 18.5 Å². The molecule has 0 heterocycles. The second-order valence-corrected chi connectivity index (χ2v) is 8.81. The molecule has 0 aliphatic carbocycles. The molecule has 13 heteroatoms. The van der Waals surface area contributed by atoms with Crippen LogP contribution in [0.3, 0.4) is 0 Å². The van der Waals surface area contributed by atoms with E-state index in [4.69, 9.17) is 4.74 Å². The van der Waals surface area contributed by atoms with E-state index in [2.05, 4.69) is 26.6 Å². The molecule has 0 aliphatic rings. The second-order valence-electron chi connectivity index (χ2n) is 7.95. The number of carbonyl (C=O) groups excluding carboxylic acids is 2. The number of methoxy groups -OCH3 is 1. The fraction of sp³-hybridized carbons (Fsp3) is 0.200. The minimum Gasteiger partial charge on any atom is -0.496 e. The quantitative estimate of drug-likeness (QED) is 0.214. The third-order valence-electron chi connectivity index (χ3n) is 5.31. The highest BCUT2D eigenvalue weighted by Crippen LogP contribution is 2.34. The van der Waals surface area contributed by atoms with Gasteiger partial charge in [-0.3, -0.25) is 9.59 Å². The summed E-state index contributed by atoms with van der Waals surface area (Å²) in [4.78, 5) is 26.2.